The molecule has 2 rings (SSSR count). The summed E-state index contributed by atoms with van der Waals surface area (Å²) in [7, 11) is 2.21. The van der Waals surface area contributed by atoms with Gasteiger partial charge in [0.15, 0.2) is 0 Å². The monoisotopic (exact) mass is 212 g/mol. The normalized spacial score (nSPS) is 30.6. The van der Waals surface area contributed by atoms with Crippen LogP contribution >= 0.6 is 0 Å². The van der Waals surface area contributed by atoms with Crippen LogP contribution in [-0.4, -0.2) is 59.8 Å². The van der Waals surface area contributed by atoms with Crippen LogP contribution in [-0.2, 0) is 0 Å². The van der Waals surface area contributed by atoms with E-state index in [1.54, 1.807) is 0 Å². The first-order chi connectivity index (χ1) is 7.07. The fraction of sp³-hybridized carbons (Fsp3) is 1.00. The molecule has 0 amide bonds. The SMILES string of the molecule is CN1CCC(N2CCC(C)(O)CC2)CC1. The van der Waals surface area contributed by atoms with Crippen molar-refractivity contribution < 1.29 is 5.11 Å². The summed E-state index contributed by atoms with van der Waals surface area (Å²) in [5.41, 5.74) is -0.401. The zero-order valence-electron chi connectivity index (χ0n) is 10.1. The lowest BCUT2D eigenvalue weighted by atomic mass is 9.91. The van der Waals surface area contributed by atoms with Crippen molar-refractivity contribution in [2.24, 2.45) is 0 Å². The molecule has 2 heterocycles. The van der Waals surface area contributed by atoms with E-state index in [-0.39, 0.29) is 0 Å². The van der Waals surface area contributed by atoms with Crippen LogP contribution in [0.2, 0.25) is 0 Å². The van der Waals surface area contributed by atoms with E-state index in [4.69, 9.17) is 0 Å². The van der Waals surface area contributed by atoms with Crippen LogP contribution in [0.5, 0.6) is 0 Å². The van der Waals surface area contributed by atoms with Crippen molar-refractivity contribution in [1.82, 2.24) is 9.80 Å². The third-order valence-electron chi connectivity index (χ3n) is 4.08. The highest BCUT2D eigenvalue weighted by Crippen LogP contribution is 2.25. The maximum absolute atomic E-state index is 9.90. The number of nitrogens with zero attached hydrogens (tertiary/aromatic N) is 2. The zero-order chi connectivity index (χ0) is 10.9. The molecule has 3 heteroatoms. The van der Waals surface area contributed by atoms with E-state index in [2.05, 4.69) is 16.8 Å². The van der Waals surface area contributed by atoms with Crippen molar-refractivity contribution >= 4 is 0 Å². The molecule has 2 aliphatic heterocycles. The van der Waals surface area contributed by atoms with Gasteiger partial charge in [0.2, 0.25) is 0 Å². The largest absolute Gasteiger partial charge is 0.390 e. The van der Waals surface area contributed by atoms with Crippen molar-refractivity contribution in [3.8, 4) is 0 Å². The van der Waals surface area contributed by atoms with Crippen LogP contribution in [0.3, 0.4) is 0 Å². The molecule has 2 fully saturated rings. The smallest absolute Gasteiger partial charge is 0.0644 e. The molecule has 3 nitrogen and oxygen atoms in total. The number of rotatable bonds is 1. The maximum Gasteiger partial charge on any atom is 0.0644 e. The Morgan fingerprint density at radius 3 is 2.13 bits per heavy atom. The standard InChI is InChI=1S/C12H24N2O/c1-12(15)5-9-14(10-6-12)11-3-7-13(2)8-4-11/h11,15H,3-10H2,1-2H3. The minimum absolute atomic E-state index is 0.401. The van der Waals surface area contributed by atoms with Crippen LogP contribution < -0.4 is 0 Å². The Bertz CT molecular complexity index is 200. The van der Waals surface area contributed by atoms with E-state index < -0.39 is 5.60 Å². The van der Waals surface area contributed by atoms with E-state index in [1.807, 2.05) is 6.92 Å². The highest BCUT2D eigenvalue weighted by Gasteiger charge is 2.31. The summed E-state index contributed by atoms with van der Waals surface area (Å²) in [6, 6.07) is 0.775. The van der Waals surface area contributed by atoms with E-state index in [0.717, 1.165) is 32.0 Å². The van der Waals surface area contributed by atoms with Gasteiger partial charge >= 0.3 is 0 Å². The summed E-state index contributed by atoms with van der Waals surface area (Å²) >= 11 is 0. The average Bonchev–Trinajstić information content (AvgIpc) is 2.20. The number of aliphatic hydroxyl groups is 1. The summed E-state index contributed by atoms with van der Waals surface area (Å²) in [6.45, 7) is 6.61. The van der Waals surface area contributed by atoms with Crippen LogP contribution in [0.4, 0.5) is 0 Å². The van der Waals surface area contributed by atoms with Gasteiger partial charge < -0.3 is 14.9 Å². The summed E-state index contributed by atoms with van der Waals surface area (Å²) in [6.07, 6.45) is 4.50. The predicted octanol–water partition coefficient (Wildman–Crippen LogP) is 0.927. The Labute approximate surface area is 93.1 Å². The molecular formula is C12H24N2O. The van der Waals surface area contributed by atoms with Gasteiger partial charge in [0.05, 0.1) is 5.60 Å². The molecule has 0 aromatic carbocycles. The highest BCUT2D eigenvalue weighted by atomic mass is 16.3. The molecular weight excluding hydrogens is 188 g/mol. The van der Waals surface area contributed by atoms with Crippen molar-refractivity contribution in [1.29, 1.82) is 0 Å². The second-order valence-corrected chi connectivity index (χ2v) is 5.57. The molecule has 0 radical (unpaired) electrons. The lowest BCUT2D eigenvalue weighted by Crippen LogP contribution is -2.50. The molecule has 0 unspecified atom stereocenters. The summed E-state index contributed by atoms with van der Waals surface area (Å²) in [4.78, 5) is 5.00. The molecule has 0 saturated carbocycles. The Balaban J connectivity index is 1.80. The van der Waals surface area contributed by atoms with Gasteiger partial charge in [-0.05, 0) is 52.7 Å². The first-order valence-corrected chi connectivity index (χ1v) is 6.22. The summed E-state index contributed by atoms with van der Waals surface area (Å²) < 4.78 is 0. The maximum atomic E-state index is 9.90. The Hall–Kier alpha value is -0.120. The molecule has 0 atom stereocenters. The molecule has 0 aliphatic carbocycles. The Kier molecular flexibility index (Phi) is 3.33. The number of piperidine rings is 2. The van der Waals surface area contributed by atoms with Crippen LogP contribution in [0.15, 0.2) is 0 Å². The fourth-order valence-corrected chi connectivity index (χ4v) is 2.73. The third kappa shape index (κ3) is 2.92. The number of hydrogen-bond acceptors (Lipinski definition) is 3. The van der Waals surface area contributed by atoms with E-state index in [0.29, 0.717) is 0 Å². The molecule has 0 spiro atoms. The summed E-state index contributed by atoms with van der Waals surface area (Å²) in [5, 5.41) is 9.90. The number of hydrogen-bond donors (Lipinski definition) is 1. The topological polar surface area (TPSA) is 26.7 Å². The molecule has 15 heavy (non-hydrogen) atoms. The second-order valence-electron chi connectivity index (χ2n) is 5.57. The fourth-order valence-electron chi connectivity index (χ4n) is 2.73. The van der Waals surface area contributed by atoms with E-state index in [1.165, 1.54) is 25.9 Å². The molecule has 0 bridgehead atoms. The molecule has 0 aromatic heterocycles. The van der Waals surface area contributed by atoms with Gasteiger partial charge in [-0.2, -0.15) is 0 Å². The van der Waals surface area contributed by atoms with Crippen LogP contribution in [0.25, 0.3) is 0 Å². The first kappa shape index (κ1) is 11.4. The van der Waals surface area contributed by atoms with Gasteiger partial charge in [0.25, 0.3) is 0 Å². The Morgan fingerprint density at radius 1 is 1.07 bits per heavy atom. The van der Waals surface area contributed by atoms with Crippen LogP contribution in [0.1, 0.15) is 32.6 Å². The van der Waals surface area contributed by atoms with Crippen LogP contribution in [0, 0.1) is 0 Å². The van der Waals surface area contributed by atoms with Crippen molar-refractivity contribution in [3.05, 3.63) is 0 Å². The predicted molar refractivity (Wildman–Crippen MR) is 61.9 cm³/mol. The van der Waals surface area contributed by atoms with Gasteiger partial charge in [-0.1, -0.05) is 0 Å². The van der Waals surface area contributed by atoms with Crippen molar-refractivity contribution in [2.75, 3.05) is 33.2 Å². The minimum atomic E-state index is -0.401. The first-order valence-electron chi connectivity index (χ1n) is 6.22. The van der Waals surface area contributed by atoms with Crippen molar-refractivity contribution in [3.63, 3.8) is 0 Å². The average molecular weight is 212 g/mol. The second kappa shape index (κ2) is 4.40. The lowest BCUT2D eigenvalue weighted by molar-refractivity contribution is -0.0235. The van der Waals surface area contributed by atoms with Gasteiger partial charge in [-0.3, -0.25) is 0 Å². The van der Waals surface area contributed by atoms with E-state index in [9.17, 15) is 5.11 Å². The Morgan fingerprint density at radius 2 is 1.60 bits per heavy atom. The highest BCUT2D eigenvalue weighted by molar-refractivity contribution is 4.86. The third-order valence-corrected chi connectivity index (χ3v) is 4.08. The molecule has 2 saturated heterocycles. The zero-order valence-corrected chi connectivity index (χ0v) is 10.1. The molecule has 2 aliphatic rings. The quantitative estimate of drug-likeness (QED) is 0.700. The molecule has 0 aromatic rings. The van der Waals surface area contributed by atoms with Gasteiger partial charge in [-0.25, -0.2) is 0 Å². The lowest BCUT2D eigenvalue weighted by Gasteiger charge is -2.42. The van der Waals surface area contributed by atoms with Gasteiger partial charge in [0, 0.05) is 19.1 Å². The van der Waals surface area contributed by atoms with Crippen molar-refractivity contribution in [2.45, 2.75) is 44.2 Å². The molecule has 88 valence electrons. The van der Waals surface area contributed by atoms with E-state index >= 15 is 0 Å². The number of likely N-dealkylation sites (tertiary alicyclic amines) is 2. The summed E-state index contributed by atoms with van der Waals surface area (Å²) in [5.74, 6) is 0. The minimum Gasteiger partial charge on any atom is -0.390 e. The van der Waals surface area contributed by atoms with Gasteiger partial charge in [-0.15, -0.1) is 0 Å². The molecule has 1 N–H and O–H groups in total. The van der Waals surface area contributed by atoms with Gasteiger partial charge in [0.1, 0.15) is 0 Å².